The van der Waals surface area contributed by atoms with E-state index < -0.39 is 0 Å². The van der Waals surface area contributed by atoms with Crippen molar-refractivity contribution in [3.05, 3.63) is 36.2 Å². The van der Waals surface area contributed by atoms with Crippen LogP contribution in [0.3, 0.4) is 0 Å². The van der Waals surface area contributed by atoms with Gasteiger partial charge in [0.25, 0.3) is 0 Å². The smallest absolute Gasteiger partial charge is 0.0651 e. The molecule has 0 aliphatic rings. The largest absolute Gasteiger partial charge is 0.139 e. The summed E-state index contributed by atoms with van der Waals surface area (Å²) in [7, 11) is 0. The van der Waals surface area contributed by atoms with E-state index in [2.05, 4.69) is 116 Å². The van der Waals surface area contributed by atoms with Crippen molar-refractivity contribution < 1.29 is 0 Å². The summed E-state index contributed by atoms with van der Waals surface area (Å²) in [6, 6.07) is 4.70. The fraction of sp³-hybridized carbons (Fsp3) is 0.0833. The van der Waals surface area contributed by atoms with Crippen molar-refractivity contribution in [3.8, 4) is 19.5 Å². The molecule has 8 rings (SSSR count). The molecule has 0 fully saturated rings. The first-order valence-electron chi connectivity index (χ1n) is 10.4. The summed E-state index contributed by atoms with van der Waals surface area (Å²) in [5.74, 6) is 0. The second kappa shape index (κ2) is 9.16. The van der Waals surface area contributed by atoms with Crippen LogP contribution < -0.4 is 0 Å². The predicted octanol–water partition coefficient (Wildman–Crippen LogP) is 14.3. The van der Waals surface area contributed by atoms with Gasteiger partial charge in [-0.3, -0.25) is 0 Å². The summed E-state index contributed by atoms with van der Waals surface area (Å²) in [6.07, 6.45) is 0. The zero-order valence-electron chi connectivity index (χ0n) is 17.9. The van der Waals surface area contributed by atoms with E-state index in [1.54, 1.807) is 0 Å². The zero-order chi connectivity index (χ0) is 24.6. The monoisotopic (exact) mass is 1060 g/mol. The molecule has 0 amide bonds. The van der Waals surface area contributed by atoms with Crippen LogP contribution in [-0.2, 0) is 0 Å². The summed E-state index contributed by atoms with van der Waals surface area (Å²) in [5, 5.41) is 0. The van der Waals surface area contributed by atoms with Crippen molar-refractivity contribution in [2.45, 2.75) is 13.8 Å². The van der Waals surface area contributed by atoms with Crippen LogP contribution >= 0.6 is 181 Å². The van der Waals surface area contributed by atoms with Gasteiger partial charge >= 0.3 is 0 Å². The van der Waals surface area contributed by atoms with Crippen LogP contribution in [-0.4, -0.2) is 0 Å². The molecule has 0 spiro atoms. The highest BCUT2D eigenvalue weighted by molar-refractivity contribution is 14.1. The van der Waals surface area contributed by atoms with Gasteiger partial charge in [-0.25, -0.2) is 0 Å². The molecule has 12 heteroatoms. The lowest BCUT2D eigenvalue weighted by molar-refractivity contribution is 1.66. The van der Waals surface area contributed by atoms with Crippen molar-refractivity contribution in [2.24, 2.45) is 0 Å². The Balaban J connectivity index is 1.32. The van der Waals surface area contributed by atoms with Gasteiger partial charge in [0.2, 0.25) is 0 Å². The Bertz CT molecular complexity index is 2020. The second-order valence-electron chi connectivity index (χ2n) is 8.26. The van der Waals surface area contributed by atoms with Gasteiger partial charge in [0.1, 0.15) is 0 Å². The Hall–Kier alpha value is 1.82. The van der Waals surface area contributed by atoms with Crippen LogP contribution in [0.5, 0.6) is 0 Å². The minimum absolute atomic E-state index is 1.41. The number of hydrogen-bond donors (Lipinski definition) is 0. The fourth-order valence-electron chi connectivity index (χ4n) is 4.41. The van der Waals surface area contributed by atoms with E-state index in [9.17, 15) is 0 Å². The Morgan fingerprint density at radius 1 is 0.389 bits per heavy atom. The molecule has 0 aromatic carbocycles. The normalized spacial score (nSPS) is 12.7. The van der Waals surface area contributed by atoms with Crippen molar-refractivity contribution >= 4 is 228 Å². The van der Waals surface area contributed by atoms with Gasteiger partial charge in [-0.2, -0.15) is 0 Å². The number of rotatable bonds is 2. The van der Waals surface area contributed by atoms with E-state index in [1.807, 2.05) is 90.7 Å². The number of hydrogen-bond acceptors (Lipinski definition) is 8. The van der Waals surface area contributed by atoms with E-state index in [-0.39, 0.29) is 0 Å². The first-order valence-corrected chi connectivity index (χ1v) is 21.3. The molecule has 0 saturated carbocycles. The number of fused-ring (bicyclic) bond motifs is 7. The van der Waals surface area contributed by atoms with E-state index in [4.69, 9.17) is 0 Å². The predicted molar refractivity (Wildman–Crippen MR) is 208 cm³/mol. The lowest BCUT2D eigenvalue weighted by Crippen LogP contribution is -1.73. The Morgan fingerprint density at radius 3 is 1.11 bits per heavy atom. The maximum Gasteiger partial charge on any atom is 0.0651 e. The van der Waals surface area contributed by atoms with E-state index >= 15 is 0 Å². The molecule has 36 heavy (non-hydrogen) atoms. The van der Waals surface area contributed by atoms with Crippen LogP contribution in [0.25, 0.3) is 66.5 Å². The van der Waals surface area contributed by atoms with Gasteiger partial charge in [-0.1, -0.05) is 0 Å². The van der Waals surface area contributed by atoms with Crippen LogP contribution in [0, 0.1) is 28.1 Å². The van der Waals surface area contributed by atoms with Gasteiger partial charge in [-0.15, -0.1) is 90.7 Å². The number of thiophene rings is 8. The molecule has 8 aromatic rings. The van der Waals surface area contributed by atoms with Gasteiger partial charge in [0.05, 0.1) is 71.4 Å². The van der Waals surface area contributed by atoms with Crippen molar-refractivity contribution in [3.63, 3.8) is 0 Å². The molecule has 0 unspecified atom stereocenters. The summed E-state index contributed by atoms with van der Waals surface area (Å²) in [6.45, 7) is 4.43. The van der Waals surface area contributed by atoms with Crippen LogP contribution in [0.15, 0.2) is 12.1 Å². The molecule has 8 aromatic heterocycles. The van der Waals surface area contributed by atoms with E-state index in [0.717, 1.165) is 0 Å². The van der Waals surface area contributed by atoms with Crippen LogP contribution in [0.2, 0.25) is 0 Å². The van der Waals surface area contributed by atoms with Gasteiger partial charge in [0.15, 0.2) is 0 Å². The Labute approximate surface area is 292 Å². The second-order valence-corrected chi connectivity index (χ2v) is 21.3. The third-order valence-electron chi connectivity index (χ3n) is 5.92. The molecule has 0 nitrogen and oxygen atoms in total. The summed E-state index contributed by atoms with van der Waals surface area (Å²) in [4.78, 5) is 8.66. The van der Waals surface area contributed by atoms with Crippen molar-refractivity contribution in [1.29, 1.82) is 0 Å². The van der Waals surface area contributed by atoms with Gasteiger partial charge < -0.3 is 0 Å². The highest BCUT2D eigenvalue weighted by Crippen LogP contribution is 2.58. The zero-order valence-corrected chi connectivity index (χ0v) is 33.1. The molecular formula is C24H8I4S8. The maximum absolute atomic E-state index is 2.61. The standard InChI is InChI=1S/C24H8I4S8/c1-5-3-7-13(29-5)9(25)15(31-7)17-11(27)19-21(33-17)23-24(35-19)22-20(36-23)12(28)18(34-22)16-10(26)14-8(32-16)4-6(2)30-14/h3-4H,1-2H3. The average Bonchev–Trinajstić information content (AvgIpc) is 3.67. The van der Waals surface area contributed by atoms with Crippen LogP contribution in [0.4, 0.5) is 0 Å². The van der Waals surface area contributed by atoms with E-state index in [0.29, 0.717) is 0 Å². The van der Waals surface area contributed by atoms with Crippen molar-refractivity contribution in [1.82, 2.24) is 0 Å². The molecule has 0 aliphatic carbocycles. The quantitative estimate of drug-likeness (QED) is 0.151. The first-order chi connectivity index (χ1) is 17.3. The molecule has 8 heterocycles. The molecule has 0 N–H and O–H groups in total. The molecule has 180 valence electrons. The van der Waals surface area contributed by atoms with Crippen molar-refractivity contribution in [2.75, 3.05) is 0 Å². The maximum atomic E-state index is 2.61. The number of halogens is 4. The highest BCUT2D eigenvalue weighted by Gasteiger charge is 2.27. The Kier molecular flexibility index (Phi) is 6.49. The SMILES string of the molecule is Cc1cc2sc(-c3sc4c(sc5c6sc(-c7sc8cc(C)sc8c7I)c(I)c6sc45)c3I)c(I)c2s1. The summed E-state index contributed by atoms with van der Waals surface area (Å²) in [5.41, 5.74) is 0. The topological polar surface area (TPSA) is 0 Å². The third-order valence-corrected chi connectivity index (χ3v) is 23.7. The van der Waals surface area contributed by atoms with Gasteiger partial charge in [0, 0.05) is 19.2 Å². The van der Waals surface area contributed by atoms with Crippen LogP contribution in [0.1, 0.15) is 9.75 Å². The minimum Gasteiger partial charge on any atom is -0.139 e. The van der Waals surface area contributed by atoms with Gasteiger partial charge in [-0.05, 0) is 116 Å². The summed E-state index contributed by atoms with van der Waals surface area (Å²) < 4.78 is 20.5. The molecule has 0 aliphatic heterocycles. The van der Waals surface area contributed by atoms with E-state index in [1.165, 1.54) is 90.5 Å². The fourth-order valence-corrected chi connectivity index (χ4v) is 21.3. The molecule has 0 radical (unpaired) electrons. The lowest BCUT2D eigenvalue weighted by atomic mass is 10.3. The molecular weight excluding hydrogens is 1050 g/mol. The lowest BCUT2D eigenvalue weighted by Gasteiger charge is -1.96. The number of aryl methyl sites for hydroxylation is 2. The molecule has 0 saturated heterocycles. The minimum atomic E-state index is 1.41. The first kappa shape index (κ1) is 25.5. The molecule has 0 bridgehead atoms. The summed E-state index contributed by atoms with van der Waals surface area (Å²) >= 11 is 26.2. The molecule has 0 atom stereocenters. The third kappa shape index (κ3) is 3.60. The Morgan fingerprint density at radius 2 is 0.722 bits per heavy atom. The average molecular weight is 1060 g/mol. The highest BCUT2D eigenvalue weighted by atomic mass is 127.